The second kappa shape index (κ2) is 6.82. The summed E-state index contributed by atoms with van der Waals surface area (Å²) in [5.74, 6) is 0.302. The molecule has 1 aromatic carbocycles. The van der Waals surface area contributed by atoms with Crippen LogP contribution in [0.1, 0.15) is 16.9 Å². The molecular weight excluding hydrogens is 354 g/mol. The maximum Gasteiger partial charge on any atom is 0.272 e. The number of amides is 1. The van der Waals surface area contributed by atoms with E-state index in [9.17, 15) is 13.2 Å². The van der Waals surface area contributed by atoms with Crippen molar-refractivity contribution in [3.8, 4) is 5.75 Å². The Balaban J connectivity index is 1.56. The van der Waals surface area contributed by atoms with E-state index in [4.69, 9.17) is 16.3 Å². The summed E-state index contributed by atoms with van der Waals surface area (Å²) >= 11 is 5.88. The van der Waals surface area contributed by atoms with Crippen molar-refractivity contribution in [2.75, 3.05) is 11.5 Å². The fourth-order valence-corrected chi connectivity index (χ4v) is 4.27. The van der Waals surface area contributed by atoms with Gasteiger partial charge in [0.05, 0.1) is 11.5 Å². The van der Waals surface area contributed by atoms with Gasteiger partial charge in [-0.2, -0.15) is 5.10 Å². The molecule has 1 saturated heterocycles. The molecule has 3 rings (SSSR count). The summed E-state index contributed by atoms with van der Waals surface area (Å²) in [6, 6.07) is 8.17. The summed E-state index contributed by atoms with van der Waals surface area (Å²) in [4.78, 5) is 12.1. The number of carbonyl (C=O) groups excluding carboxylic acids is 1. The smallest absolute Gasteiger partial charge is 0.272 e. The van der Waals surface area contributed by atoms with Gasteiger partial charge in [-0.25, -0.2) is 13.1 Å². The topological polar surface area (TPSA) is 90.3 Å². The average molecular weight is 370 g/mol. The lowest BCUT2D eigenvalue weighted by Crippen LogP contribution is -2.35. The number of ether oxygens (including phenoxy) is 1. The Morgan fingerprint density at radius 3 is 2.96 bits per heavy atom. The maximum absolute atomic E-state index is 12.1. The highest BCUT2D eigenvalue weighted by Gasteiger charge is 2.29. The zero-order chi connectivity index (χ0) is 17.2. The molecule has 0 saturated carbocycles. The zero-order valence-corrected chi connectivity index (χ0v) is 14.3. The highest BCUT2D eigenvalue weighted by molar-refractivity contribution is 7.91. The van der Waals surface area contributed by atoms with Gasteiger partial charge in [0.15, 0.2) is 16.6 Å². The normalized spacial score (nSPS) is 19.1. The van der Waals surface area contributed by atoms with Crippen LogP contribution in [0.4, 0.5) is 0 Å². The fourth-order valence-electron chi connectivity index (χ4n) is 2.42. The van der Waals surface area contributed by atoms with Crippen molar-refractivity contribution in [3.63, 3.8) is 0 Å². The van der Waals surface area contributed by atoms with Crippen LogP contribution in [0.3, 0.4) is 0 Å². The van der Waals surface area contributed by atoms with Gasteiger partial charge in [0.25, 0.3) is 5.91 Å². The molecule has 7 nitrogen and oxygen atoms in total. The van der Waals surface area contributed by atoms with E-state index in [-0.39, 0.29) is 30.0 Å². The molecule has 1 amide bonds. The van der Waals surface area contributed by atoms with Crippen molar-refractivity contribution in [2.24, 2.45) is 0 Å². The quantitative estimate of drug-likeness (QED) is 0.862. The lowest BCUT2D eigenvalue weighted by Gasteiger charge is -2.09. The third-order valence-corrected chi connectivity index (χ3v) is 5.60. The van der Waals surface area contributed by atoms with Gasteiger partial charge in [-0.1, -0.05) is 17.7 Å². The number of nitrogens with zero attached hydrogens (tertiary/aromatic N) is 2. The summed E-state index contributed by atoms with van der Waals surface area (Å²) in [7, 11) is -3.03. The van der Waals surface area contributed by atoms with E-state index in [0.29, 0.717) is 17.2 Å². The van der Waals surface area contributed by atoms with Crippen molar-refractivity contribution in [2.45, 2.75) is 19.2 Å². The third-order valence-electron chi connectivity index (χ3n) is 3.60. The van der Waals surface area contributed by atoms with Crippen LogP contribution in [0.2, 0.25) is 5.02 Å². The molecule has 0 radical (unpaired) electrons. The summed E-state index contributed by atoms with van der Waals surface area (Å²) < 4.78 is 29.8. The number of halogens is 1. The molecule has 24 heavy (non-hydrogen) atoms. The van der Waals surface area contributed by atoms with Gasteiger partial charge in [0.2, 0.25) is 0 Å². The van der Waals surface area contributed by atoms with Crippen molar-refractivity contribution in [1.82, 2.24) is 15.1 Å². The van der Waals surface area contributed by atoms with Crippen LogP contribution in [0.5, 0.6) is 5.75 Å². The lowest BCUT2D eigenvalue weighted by atomic mass is 10.2. The predicted molar refractivity (Wildman–Crippen MR) is 88.8 cm³/mol. The number of benzene rings is 1. The Morgan fingerprint density at radius 2 is 2.25 bits per heavy atom. The number of carbonyl (C=O) groups is 1. The average Bonchev–Trinajstić information content (AvgIpc) is 3.12. The van der Waals surface area contributed by atoms with Crippen LogP contribution < -0.4 is 10.1 Å². The van der Waals surface area contributed by atoms with Crippen molar-refractivity contribution in [3.05, 3.63) is 47.2 Å². The van der Waals surface area contributed by atoms with Crippen LogP contribution in [0.25, 0.3) is 0 Å². The van der Waals surface area contributed by atoms with E-state index in [1.807, 2.05) is 0 Å². The lowest BCUT2D eigenvalue weighted by molar-refractivity contribution is 0.0934. The Bertz CT molecular complexity index is 850. The number of hydrogen-bond donors (Lipinski definition) is 1. The first kappa shape index (κ1) is 16.8. The molecular formula is C15H16ClN3O4S. The highest BCUT2D eigenvalue weighted by atomic mass is 35.5. The van der Waals surface area contributed by atoms with Gasteiger partial charge in [-0.15, -0.1) is 0 Å². The number of nitrogens with one attached hydrogen (secondary N) is 1. The van der Waals surface area contributed by atoms with Crippen molar-refractivity contribution in [1.29, 1.82) is 0 Å². The predicted octanol–water partition coefficient (Wildman–Crippen LogP) is 1.49. The van der Waals surface area contributed by atoms with Crippen molar-refractivity contribution < 1.29 is 17.9 Å². The Kier molecular flexibility index (Phi) is 4.77. The van der Waals surface area contributed by atoms with Crippen LogP contribution in [0, 0.1) is 0 Å². The fraction of sp³-hybridized carbons (Fsp3) is 0.333. The molecule has 1 aromatic heterocycles. The van der Waals surface area contributed by atoms with Crippen molar-refractivity contribution >= 4 is 27.3 Å². The minimum atomic E-state index is -3.03. The first-order valence-electron chi connectivity index (χ1n) is 7.34. The van der Waals surface area contributed by atoms with Gasteiger partial charge in [-0.3, -0.25) is 4.79 Å². The Morgan fingerprint density at radius 1 is 1.42 bits per heavy atom. The van der Waals surface area contributed by atoms with Crippen LogP contribution in [-0.2, 0) is 16.6 Å². The number of hydrogen-bond acceptors (Lipinski definition) is 5. The van der Waals surface area contributed by atoms with E-state index < -0.39 is 15.7 Å². The molecule has 9 heteroatoms. The summed E-state index contributed by atoms with van der Waals surface area (Å²) in [5, 5.41) is 7.39. The molecule has 0 spiro atoms. The van der Waals surface area contributed by atoms with Crippen LogP contribution in [-0.4, -0.2) is 41.7 Å². The Labute approximate surface area is 144 Å². The zero-order valence-electron chi connectivity index (χ0n) is 12.7. The van der Waals surface area contributed by atoms with Gasteiger partial charge in [0.1, 0.15) is 11.4 Å². The molecule has 1 unspecified atom stereocenters. The second-order valence-corrected chi connectivity index (χ2v) is 8.21. The maximum atomic E-state index is 12.1. The van der Waals surface area contributed by atoms with E-state index >= 15 is 0 Å². The summed E-state index contributed by atoms with van der Waals surface area (Å²) in [6.07, 6.45) is 2.05. The molecule has 0 aliphatic carbocycles. The van der Waals surface area contributed by atoms with Gasteiger partial charge >= 0.3 is 0 Å². The second-order valence-electron chi connectivity index (χ2n) is 5.54. The number of sulfone groups is 1. The van der Waals surface area contributed by atoms with Gasteiger partial charge in [0, 0.05) is 17.3 Å². The molecule has 1 N–H and O–H groups in total. The Hall–Kier alpha value is -2.06. The van der Waals surface area contributed by atoms with E-state index in [1.54, 1.807) is 36.5 Å². The standard InChI is InChI=1S/C15H16ClN3O4S/c16-11-2-1-3-13(8-11)23-10-19-6-4-14(18-19)15(20)17-12-5-7-24(21,22)9-12/h1-4,6,8,12H,5,7,9-10H2,(H,17,20). The molecule has 1 aliphatic heterocycles. The summed E-state index contributed by atoms with van der Waals surface area (Å²) in [5.41, 5.74) is 0.217. The van der Waals surface area contributed by atoms with E-state index in [1.165, 1.54) is 4.68 Å². The van der Waals surface area contributed by atoms with E-state index in [0.717, 1.165) is 0 Å². The molecule has 1 fully saturated rings. The SMILES string of the molecule is O=C(NC1CCS(=O)(=O)C1)c1ccn(COc2cccc(Cl)c2)n1. The molecule has 0 bridgehead atoms. The minimum absolute atomic E-state index is 0.0165. The molecule has 2 heterocycles. The van der Waals surface area contributed by atoms with Gasteiger partial charge < -0.3 is 10.1 Å². The highest BCUT2D eigenvalue weighted by Crippen LogP contribution is 2.17. The van der Waals surface area contributed by atoms with Gasteiger partial charge in [-0.05, 0) is 30.7 Å². The first-order valence-corrected chi connectivity index (χ1v) is 9.54. The largest absolute Gasteiger partial charge is 0.471 e. The van der Waals surface area contributed by atoms with E-state index in [2.05, 4.69) is 10.4 Å². The molecule has 128 valence electrons. The number of rotatable bonds is 5. The third kappa shape index (κ3) is 4.27. The number of aromatic nitrogens is 2. The molecule has 1 atom stereocenters. The summed E-state index contributed by atoms with van der Waals surface area (Å²) in [6.45, 7) is 0.130. The molecule has 2 aromatic rings. The monoisotopic (exact) mass is 369 g/mol. The first-order chi connectivity index (χ1) is 11.4. The van der Waals surface area contributed by atoms with Crippen LogP contribution >= 0.6 is 11.6 Å². The van der Waals surface area contributed by atoms with Crippen LogP contribution in [0.15, 0.2) is 36.5 Å². The minimum Gasteiger partial charge on any atom is -0.471 e. The molecule has 1 aliphatic rings.